The number of aliphatic hydroxyl groups is 1. The Hall–Kier alpha value is -3.96. The molecule has 0 bridgehead atoms. The number of hydrogen-bond donors (Lipinski definition) is 1. The molecule has 0 heterocycles. The van der Waals surface area contributed by atoms with Crippen LogP contribution in [0.3, 0.4) is 0 Å². The molecule has 1 N–H and O–H groups in total. The summed E-state index contributed by atoms with van der Waals surface area (Å²) >= 11 is 0. The standard InChI is InChI=1S/C86H148O5/c1-3-5-7-9-11-13-15-17-19-21-23-25-27-29-31-33-35-37-39-41-42-43-44-45-47-49-51-53-55-57-59-61-63-65-67-69-71-73-75-77-79-81-86(89)91-84(82-87)83-90-85(88)80-78-76-74-72-70-68-66-64-62-60-58-56-54-52-50-48-46-40-38-36-34-32-30-28-26-24-22-20-18-16-14-12-10-8-6-4-2/h5,7,11,13,17,19,23,25,29,31,35,37,41-42,44-45,49,51,55,57,61,63,84,87H,3-4,6,8-10,12,14-16,18,20-22,24,26-28,30,32-34,36,38-40,43,46-48,50,52-54,56,58-60,62,64-83H2,1-2H3/b7-5-,13-11-,19-17-,25-23-,31-29-,37-35-,42-41-,45-44-,51-49-,57-55-,63-61-. The van der Waals surface area contributed by atoms with Crippen molar-refractivity contribution in [2.45, 2.75) is 386 Å². The summed E-state index contributed by atoms with van der Waals surface area (Å²) in [5.41, 5.74) is 0. The number of carbonyl (C=O) groups excluding carboxylic acids is 2. The van der Waals surface area contributed by atoms with Crippen molar-refractivity contribution >= 4 is 11.9 Å². The molecule has 0 radical (unpaired) electrons. The van der Waals surface area contributed by atoms with Gasteiger partial charge in [-0.1, -0.05) is 404 Å². The Morgan fingerprint density at radius 2 is 0.473 bits per heavy atom. The number of rotatable bonds is 72. The van der Waals surface area contributed by atoms with E-state index in [1.165, 1.54) is 238 Å². The molecule has 0 aromatic carbocycles. The highest BCUT2D eigenvalue weighted by molar-refractivity contribution is 5.70. The van der Waals surface area contributed by atoms with E-state index in [2.05, 4.69) is 148 Å². The Balaban J connectivity index is 3.51. The Morgan fingerprint density at radius 1 is 0.264 bits per heavy atom. The number of esters is 2. The van der Waals surface area contributed by atoms with E-state index < -0.39 is 6.10 Å². The second kappa shape index (κ2) is 80.3. The first-order chi connectivity index (χ1) is 45.1. The molecule has 0 aliphatic heterocycles. The van der Waals surface area contributed by atoms with Gasteiger partial charge in [0.1, 0.15) is 6.61 Å². The Morgan fingerprint density at radius 3 is 0.714 bits per heavy atom. The van der Waals surface area contributed by atoms with Crippen LogP contribution >= 0.6 is 0 Å². The number of aliphatic hydroxyl groups excluding tert-OH is 1. The lowest BCUT2D eigenvalue weighted by Gasteiger charge is -2.15. The van der Waals surface area contributed by atoms with Crippen molar-refractivity contribution in [3.05, 3.63) is 134 Å². The Bertz CT molecular complexity index is 1820. The number of hydrogen-bond acceptors (Lipinski definition) is 5. The van der Waals surface area contributed by atoms with Gasteiger partial charge in [0.05, 0.1) is 6.61 Å². The molecule has 5 nitrogen and oxygen atoms in total. The minimum atomic E-state index is -0.787. The molecule has 1 unspecified atom stereocenters. The molecule has 0 fully saturated rings. The van der Waals surface area contributed by atoms with Gasteiger partial charge in [0.15, 0.2) is 6.10 Å². The lowest BCUT2D eigenvalue weighted by molar-refractivity contribution is -0.161. The van der Waals surface area contributed by atoms with Gasteiger partial charge in [-0.15, -0.1) is 0 Å². The molecule has 0 rings (SSSR count). The van der Waals surface area contributed by atoms with Crippen molar-refractivity contribution in [3.8, 4) is 0 Å². The van der Waals surface area contributed by atoms with Crippen molar-refractivity contribution in [1.29, 1.82) is 0 Å². The predicted octanol–water partition coefficient (Wildman–Crippen LogP) is 27.8. The van der Waals surface area contributed by atoms with Crippen LogP contribution in [0.25, 0.3) is 0 Å². The van der Waals surface area contributed by atoms with Gasteiger partial charge in [-0.25, -0.2) is 0 Å². The maximum atomic E-state index is 12.4. The third-order valence-electron chi connectivity index (χ3n) is 17.2. The molecule has 0 aromatic rings. The van der Waals surface area contributed by atoms with Gasteiger partial charge in [0.2, 0.25) is 0 Å². The molecule has 0 spiro atoms. The third-order valence-corrected chi connectivity index (χ3v) is 17.2. The number of ether oxygens (including phenoxy) is 2. The molecule has 0 saturated carbocycles. The average Bonchev–Trinajstić information content (AvgIpc) is 3.68. The predicted molar refractivity (Wildman–Crippen MR) is 403 cm³/mol. The summed E-state index contributed by atoms with van der Waals surface area (Å²) in [5, 5.41) is 9.72. The maximum Gasteiger partial charge on any atom is 0.306 e. The van der Waals surface area contributed by atoms with Crippen molar-refractivity contribution < 1.29 is 24.2 Å². The zero-order valence-electron chi connectivity index (χ0n) is 60.1. The summed E-state index contributed by atoms with van der Waals surface area (Å²) in [5.74, 6) is -0.595. The molecule has 0 aliphatic carbocycles. The fourth-order valence-corrected chi connectivity index (χ4v) is 11.4. The summed E-state index contributed by atoms with van der Waals surface area (Å²) < 4.78 is 10.8. The molecule has 1 atom stereocenters. The van der Waals surface area contributed by atoms with E-state index in [0.717, 1.165) is 116 Å². The van der Waals surface area contributed by atoms with Crippen LogP contribution in [0.2, 0.25) is 0 Å². The van der Waals surface area contributed by atoms with Crippen LogP contribution in [0.1, 0.15) is 380 Å². The van der Waals surface area contributed by atoms with Gasteiger partial charge in [-0.3, -0.25) is 9.59 Å². The maximum absolute atomic E-state index is 12.4. The van der Waals surface area contributed by atoms with E-state index in [1.807, 2.05) is 0 Å². The SMILES string of the molecule is CC/C=C\C/C=C\C/C=C\C/C=C\C/C=C\C/C=C\C/C=C\C/C=C\C/C=C\C/C=C\C/C=C\CCCCCCCCCC(=O)OC(CO)COC(=O)CCCCCCCCCCCCCCCCCCCCCCCCCCCCCCCCCCCCCC. The average molecular weight is 1260 g/mol. The largest absolute Gasteiger partial charge is 0.462 e. The number of unbranched alkanes of at least 4 members (excludes halogenated alkanes) is 42. The van der Waals surface area contributed by atoms with Crippen molar-refractivity contribution in [2.24, 2.45) is 0 Å². The zero-order valence-corrected chi connectivity index (χ0v) is 60.1. The van der Waals surface area contributed by atoms with E-state index >= 15 is 0 Å². The van der Waals surface area contributed by atoms with E-state index in [-0.39, 0.29) is 25.2 Å². The number of allylic oxidation sites excluding steroid dienone is 22. The minimum absolute atomic E-state index is 0.0733. The molecule has 5 heteroatoms. The molecular weight excluding hydrogens is 1110 g/mol. The minimum Gasteiger partial charge on any atom is -0.462 e. The Labute approximate surface area is 566 Å². The summed E-state index contributed by atoms with van der Waals surface area (Å²) in [7, 11) is 0. The fraction of sp³-hybridized carbons (Fsp3) is 0.721. The van der Waals surface area contributed by atoms with E-state index in [1.54, 1.807) is 0 Å². The van der Waals surface area contributed by atoms with Crippen LogP contribution < -0.4 is 0 Å². The fourth-order valence-electron chi connectivity index (χ4n) is 11.4. The second-order valence-corrected chi connectivity index (χ2v) is 26.1. The van der Waals surface area contributed by atoms with Crippen LogP contribution in [-0.4, -0.2) is 36.4 Å². The van der Waals surface area contributed by atoms with Crippen LogP contribution in [0.15, 0.2) is 134 Å². The third kappa shape index (κ3) is 78.4. The summed E-state index contributed by atoms with van der Waals surface area (Å²) in [4.78, 5) is 24.7. The van der Waals surface area contributed by atoms with Crippen molar-refractivity contribution in [3.63, 3.8) is 0 Å². The van der Waals surface area contributed by atoms with Gasteiger partial charge in [-0.05, 0) is 96.3 Å². The summed E-state index contributed by atoms with van der Waals surface area (Å²) in [6.45, 7) is 4.06. The van der Waals surface area contributed by atoms with Crippen molar-refractivity contribution in [1.82, 2.24) is 0 Å². The van der Waals surface area contributed by atoms with Crippen LogP contribution in [0.5, 0.6) is 0 Å². The molecule has 0 aromatic heterocycles. The van der Waals surface area contributed by atoms with Crippen LogP contribution in [0, 0.1) is 0 Å². The first kappa shape index (κ1) is 87.0. The van der Waals surface area contributed by atoms with E-state index in [9.17, 15) is 14.7 Å². The van der Waals surface area contributed by atoms with Gasteiger partial charge in [-0.2, -0.15) is 0 Å². The normalized spacial score (nSPS) is 13.0. The molecule has 0 aliphatic rings. The summed E-state index contributed by atoms with van der Waals surface area (Å²) in [6, 6.07) is 0. The summed E-state index contributed by atoms with van der Waals surface area (Å²) in [6.07, 6.45) is 120. The Kier molecular flexibility index (Phi) is 76.8. The molecule has 0 saturated heterocycles. The first-order valence-electron chi connectivity index (χ1n) is 39.2. The first-order valence-corrected chi connectivity index (χ1v) is 39.2. The quantitative estimate of drug-likeness (QED) is 0.0373. The highest BCUT2D eigenvalue weighted by Gasteiger charge is 2.16. The van der Waals surface area contributed by atoms with Crippen LogP contribution in [-0.2, 0) is 19.1 Å². The molecule has 522 valence electrons. The lowest BCUT2D eigenvalue weighted by Crippen LogP contribution is -2.28. The highest BCUT2D eigenvalue weighted by atomic mass is 16.6. The zero-order chi connectivity index (χ0) is 65.4. The van der Waals surface area contributed by atoms with Gasteiger partial charge in [0.25, 0.3) is 0 Å². The molecular formula is C86H148O5. The van der Waals surface area contributed by atoms with Gasteiger partial charge in [0, 0.05) is 12.8 Å². The lowest BCUT2D eigenvalue weighted by atomic mass is 10.0. The molecule has 91 heavy (non-hydrogen) atoms. The second-order valence-electron chi connectivity index (χ2n) is 26.1. The molecule has 0 amide bonds. The monoisotopic (exact) mass is 1260 g/mol. The van der Waals surface area contributed by atoms with Crippen molar-refractivity contribution in [2.75, 3.05) is 13.2 Å². The smallest absolute Gasteiger partial charge is 0.306 e. The van der Waals surface area contributed by atoms with E-state index in [0.29, 0.717) is 12.8 Å². The van der Waals surface area contributed by atoms with Gasteiger partial charge >= 0.3 is 11.9 Å². The highest BCUT2D eigenvalue weighted by Crippen LogP contribution is 2.19. The van der Waals surface area contributed by atoms with Gasteiger partial charge < -0.3 is 14.6 Å². The van der Waals surface area contributed by atoms with Crippen LogP contribution in [0.4, 0.5) is 0 Å². The van der Waals surface area contributed by atoms with E-state index in [4.69, 9.17) is 9.47 Å². The topological polar surface area (TPSA) is 72.8 Å². The number of carbonyl (C=O) groups is 2.